The number of aromatic amines is 1. The first-order valence-corrected chi connectivity index (χ1v) is 5.41. The van der Waals surface area contributed by atoms with Gasteiger partial charge in [-0.3, -0.25) is 0 Å². The second-order valence-electron chi connectivity index (χ2n) is 5.32. The number of aliphatic hydroxyl groups excluding tert-OH is 1. The molecule has 1 aromatic rings. The summed E-state index contributed by atoms with van der Waals surface area (Å²) in [4.78, 5) is 7.54. The smallest absolute Gasteiger partial charge is 0.0925 e. The summed E-state index contributed by atoms with van der Waals surface area (Å²) in [6.45, 7) is 6.72. The molecule has 2 unspecified atom stereocenters. The second kappa shape index (κ2) is 3.61. The Kier molecular flexibility index (Phi) is 2.56. The van der Waals surface area contributed by atoms with Crippen LogP contribution in [0.15, 0.2) is 6.33 Å². The van der Waals surface area contributed by atoms with Crippen LogP contribution in [0.1, 0.15) is 38.2 Å². The van der Waals surface area contributed by atoms with Gasteiger partial charge in [-0.2, -0.15) is 0 Å². The molecule has 2 heterocycles. The lowest BCUT2D eigenvalue weighted by atomic mass is 9.81. The monoisotopic (exact) mass is 209 g/mol. The average molecular weight is 209 g/mol. The Labute approximate surface area is 90.1 Å². The van der Waals surface area contributed by atoms with Crippen LogP contribution >= 0.6 is 0 Å². The topological polar surface area (TPSA) is 60.9 Å². The number of aromatic nitrogens is 2. The van der Waals surface area contributed by atoms with Crippen LogP contribution in [0.2, 0.25) is 0 Å². The van der Waals surface area contributed by atoms with Crippen molar-refractivity contribution >= 4 is 0 Å². The lowest BCUT2D eigenvalue weighted by Crippen LogP contribution is -2.46. The third kappa shape index (κ3) is 1.92. The second-order valence-corrected chi connectivity index (χ2v) is 5.32. The number of nitrogens with one attached hydrogen (secondary N) is 2. The van der Waals surface area contributed by atoms with Crippen molar-refractivity contribution in [1.82, 2.24) is 15.3 Å². The number of H-pyrrole nitrogens is 1. The van der Waals surface area contributed by atoms with Gasteiger partial charge in [-0.15, -0.1) is 0 Å². The Morgan fingerprint density at radius 3 is 2.87 bits per heavy atom. The molecule has 4 nitrogen and oxygen atoms in total. The summed E-state index contributed by atoms with van der Waals surface area (Å²) >= 11 is 0. The van der Waals surface area contributed by atoms with Crippen molar-refractivity contribution in [3.8, 4) is 0 Å². The van der Waals surface area contributed by atoms with E-state index in [2.05, 4.69) is 36.1 Å². The Hall–Kier alpha value is -0.870. The summed E-state index contributed by atoms with van der Waals surface area (Å²) in [6.07, 6.45) is 2.57. The maximum absolute atomic E-state index is 9.24. The van der Waals surface area contributed by atoms with Crippen LogP contribution in [0, 0.1) is 5.41 Å². The first-order chi connectivity index (χ1) is 7.02. The van der Waals surface area contributed by atoms with Gasteiger partial charge in [-0.05, 0) is 5.41 Å². The fourth-order valence-electron chi connectivity index (χ4n) is 2.14. The van der Waals surface area contributed by atoms with Gasteiger partial charge in [0.25, 0.3) is 0 Å². The van der Waals surface area contributed by atoms with Crippen LogP contribution in [0.3, 0.4) is 0 Å². The average Bonchev–Trinajstić information content (AvgIpc) is 2.61. The largest absolute Gasteiger partial charge is 0.395 e. The maximum atomic E-state index is 9.24. The lowest BCUT2D eigenvalue weighted by Gasteiger charge is -2.37. The van der Waals surface area contributed by atoms with Crippen LogP contribution in [0.25, 0.3) is 0 Å². The molecule has 0 bridgehead atoms. The minimum Gasteiger partial charge on any atom is -0.395 e. The zero-order valence-electron chi connectivity index (χ0n) is 9.54. The summed E-state index contributed by atoms with van der Waals surface area (Å²) in [5.74, 6) is 0. The molecule has 0 radical (unpaired) electrons. The molecule has 0 saturated carbocycles. The quantitative estimate of drug-likeness (QED) is 0.646. The standard InChI is InChI=1S/C11H19N3O/c1-11(2,3)10-9-8(12-6-13-9)4-7(5-15)14-10/h6-7,10,14-15H,4-5H2,1-3H3,(H,12,13). The van der Waals surface area contributed by atoms with Crippen molar-refractivity contribution in [2.45, 2.75) is 39.3 Å². The van der Waals surface area contributed by atoms with Crippen molar-refractivity contribution < 1.29 is 5.11 Å². The Balaban J connectivity index is 2.33. The maximum Gasteiger partial charge on any atom is 0.0925 e. The van der Waals surface area contributed by atoms with E-state index in [1.54, 1.807) is 6.33 Å². The molecule has 1 aliphatic heterocycles. The first-order valence-electron chi connectivity index (χ1n) is 5.41. The predicted molar refractivity (Wildman–Crippen MR) is 58.5 cm³/mol. The first kappa shape index (κ1) is 10.6. The van der Waals surface area contributed by atoms with Crippen molar-refractivity contribution in [3.63, 3.8) is 0 Å². The molecule has 0 saturated heterocycles. The van der Waals surface area contributed by atoms with Gasteiger partial charge in [-0.1, -0.05) is 20.8 Å². The molecule has 0 fully saturated rings. The van der Waals surface area contributed by atoms with E-state index in [0.29, 0.717) is 0 Å². The molecule has 0 amide bonds. The summed E-state index contributed by atoms with van der Waals surface area (Å²) in [7, 11) is 0. The molecular formula is C11H19N3O. The molecule has 1 aromatic heterocycles. The van der Waals surface area contributed by atoms with Crippen LogP contribution < -0.4 is 5.32 Å². The molecular weight excluding hydrogens is 190 g/mol. The molecule has 84 valence electrons. The summed E-state index contributed by atoms with van der Waals surface area (Å²) in [6, 6.07) is 0.354. The third-order valence-electron chi connectivity index (χ3n) is 2.96. The van der Waals surface area contributed by atoms with E-state index in [0.717, 1.165) is 17.8 Å². The lowest BCUT2D eigenvalue weighted by molar-refractivity contribution is 0.174. The fraction of sp³-hybridized carbons (Fsp3) is 0.727. The van der Waals surface area contributed by atoms with Gasteiger partial charge in [0.2, 0.25) is 0 Å². The summed E-state index contributed by atoms with van der Waals surface area (Å²) in [5.41, 5.74) is 2.37. The van der Waals surface area contributed by atoms with E-state index in [9.17, 15) is 5.11 Å². The molecule has 1 aliphatic rings. The molecule has 15 heavy (non-hydrogen) atoms. The van der Waals surface area contributed by atoms with Crippen LogP contribution in [-0.4, -0.2) is 27.7 Å². The van der Waals surface area contributed by atoms with Crippen LogP contribution in [0.5, 0.6) is 0 Å². The Morgan fingerprint density at radius 2 is 2.27 bits per heavy atom. The van der Waals surface area contributed by atoms with E-state index in [1.807, 2.05) is 0 Å². The highest BCUT2D eigenvalue weighted by Gasteiger charge is 2.35. The van der Waals surface area contributed by atoms with Gasteiger partial charge in [0.05, 0.1) is 24.7 Å². The highest BCUT2D eigenvalue weighted by Crippen LogP contribution is 2.36. The van der Waals surface area contributed by atoms with Crippen molar-refractivity contribution in [2.75, 3.05) is 6.61 Å². The molecule has 4 heteroatoms. The van der Waals surface area contributed by atoms with Crippen molar-refractivity contribution in [1.29, 1.82) is 0 Å². The summed E-state index contributed by atoms with van der Waals surface area (Å²) < 4.78 is 0. The SMILES string of the molecule is CC(C)(C)C1NC(CO)Cc2[nH]cnc21. The minimum absolute atomic E-state index is 0.109. The number of fused-ring (bicyclic) bond motifs is 1. The normalized spacial score (nSPS) is 26.4. The van der Waals surface area contributed by atoms with E-state index in [-0.39, 0.29) is 24.1 Å². The number of nitrogens with zero attached hydrogens (tertiary/aromatic N) is 1. The minimum atomic E-state index is 0.109. The number of hydrogen-bond donors (Lipinski definition) is 3. The summed E-state index contributed by atoms with van der Waals surface area (Å²) in [5, 5.41) is 12.7. The van der Waals surface area contributed by atoms with Gasteiger partial charge in [0.1, 0.15) is 0 Å². The van der Waals surface area contributed by atoms with Gasteiger partial charge in [-0.25, -0.2) is 4.98 Å². The highest BCUT2D eigenvalue weighted by atomic mass is 16.3. The molecule has 2 rings (SSSR count). The van der Waals surface area contributed by atoms with Crippen molar-refractivity contribution in [3.05, 3.63) is 17.7 Å². The van der Waals surface area contributed by atoms with E-state index in [4.69, 9.17) is 0 Å². The number of rotatable bonds is 1. The zero-order valence-corrected chi connectivity index (χ0v) is 9.54. The molecule has 2 atom stereocenters. The molecule has 0 aromatic carbocycles. The molecule has 0 spiro atoms. The van der Waals surface area contributed by atoms with Crippen LogP contribution in [-0.2, 0) is 6.42 Å². The van der Waals surface area contributed by atoms with E-state index in [1.165, 1.54) is 0 Å². The van der Waals surface area contributed by atoms with Gasteiger partial charge < -0.3 is 15.4 Å². The zero-order chi connectivity index (χ0) is 11.1. The van der Waals surface area contributed by atoms with E-state index >= 15 is 0 Å². The van der Waals surface area contributed by atoms with Gasteiger partial charge in [0, 0.05) is 18.2 Å². The highest BCUT2D eigenvalue weighted by molar-refractivity contribution is 5.22. The van der Waals surface area contributed by atoms with E-state index < -0.39 is 0 Å². The number of imidazole rings is 1. The fourth-order valence-corrected chi connectivity index (χ4v) is 2.14. The van der Waals surface area contributed by atoms with Crippen molar-refractivity contribution in [2.24, 2.45) is 5.41 Å². The predicted octanol–water partition coefficient (Wildman–Crippen LogP) is 1.00. The third-order valence-corrected chi connectivity index (χ3v) is 2.96. The Bertz CT molecular complexity index is 340. The Morgan fingerprint density at radius 1 is 1.53 bits per heavy atom. The van der Waals surface area contributed by atoms with Gasteiger partial charge in [0.15, 0.2) is 0 Å². The molecule has 0 aliphatic carbocycles. The molecule has 3 N–H and O–H groups in total. The number of aliphatic hydroxyl groups is 1. The number of hydrogen-bond acceptors (Lipinski definition) is 3. The van der Waals surface area contributed by atoms with Gasteiger partial charge >= 0.3 is 0 Å². The van der Waals surface area contributed by atoms with Crippen LogP contribution in [0.4, 0.5) is 0 Å².